The number of hydrogen-bond acceptors (Lipinski definition) is 2. The van der Waals surface area contributed by atoms with E-state index in [-0.39, 0.29) is 5.78 Å². The highest BCUT2D eigenvalue weighted by Crippen LogP contribution is 2.21. The summed E-state index contributed by atoms with van der Waals surface area (Å²) < 4.78 is 0. The van der Waals surface area contributed by atoms with Gasteiger partial charge in [-0.3, -0.25) is 9.59 Å². The van der Waals surface area contributed by atoms with Gasteiger partial charge in [-0.1, -0.05) is 12.1 Å². The minimum absolute atomic E-state index is 0.00903. The standard InChI is InChI=1S/C11H8ClNO2/c1-6(14)7-2-3-8-9(11(12)15)5-13-10(8)4-7/h2-5,13H,1H3. The number of hydrogen-bond donors (Lipinski definition) is 1. The Morgan fingerprint density at radius 3 is 2.67 bits per heavy atom. The smallest absolute Gasteiger partial charge is 0.254 e. The van der Waals surface area contributed by atoms with Crippen molar-refractivity contribution in [1.82, 2.24) is 4.98 Å². The Balaban J connectivity index is 2.66. The largest absolute Gasteiger partial charge is 0.360 e. The number of fused-ring (bicyclic) bond motifs is 1. The molecule has 0 spiro atoms. The molecule has 2 rings (SSSR count). The molecule has 0 saturated heterocycles. The maximum atomic E-state index is 11.1. The fourth-order valence-electron chi connectivity index (χ4n) is 1.51. The predicted octanol–water partition coefficient (Wildman–Crippen LogP) is 2.75. The number of nitrogens with one attached hydrogen (secondary N) is 1. The fourth-order valence-corrected chi connectivity index (χ4v) is 1.66. The Labute approximate surface area is 91.0 Å². The number of carbonyl (C=O) groups is 2. The molecular weight excluding hydrogens is 214 g/mol. The number of benzene rings is 1. The van der Waals surface area contributed by atoms with Crippen LogP contribution >= 0.6 is 11.6 Å². The Kier molecular flexibility index (Phi) is 2.32. The lowest BCUT2D eigenvalue weighted by Gasteiger charge is -1.96. The van der Waals surface area contributed by atoms with Gasteiger partial charge >= 0.3 is 0 Å². The highest BCUT2D eigenvalue weighted by atomic mass is 35.5. The van der Waals surface area contributed by atoms with Gasteiger partial charge in [-0.15, -0.1) is 0 Å². The van der Waals surface area contributed by atoms with Crippen LogP contribution in [0.5, 0.6) is 0 Å². The van der Waals surface area contributed by atoms with Gasteiger partial charge < -0.3 is 4.98 Å². The van der Waals surface area contributed by atoms with Crippen molar-refractivity contribution in [3.63, 3.8) is 0 Å². The monoisotopic (exact) mass is 221 g/mol. The van der Waals surface area contributed by atoms with E-state index in [0.29, 0.717) is 11.1 Å². The first-order valence-electron chi connectivity index (χ1n) is 4.41. The molecule has 1 aromatic carbocycles. The lowest BCUT2D eigenvalue weighted by molar-refractivity contribution is 0.101. The average Bonchev–Trinajstić information content (AvgIpc) is 2.59. The number of aromatic nitrogens is 1. The highest BCUT2D eigenvalue weighted by molar-refractivity contribution is 6.68. The molecule has 0 aliphatic rings. The Bertz CT molecular complexity index is 557. The Hall–Kier alpha value is -1.61. The molecule has 0 bridgehead atoms. The molecule has 1 aromatic heterocycles. The van der Waals surface area contributed by atoms with E-state index < -0.39 is 5.24 Å². The molecule has 0 saturated carbocycles. The van der Waals surface area contributed by atoms with Crippen molar-refractivity contribution in [1.29, 1.82) is 0 Å². The fraction of sp³-hybridized carbons (Fsp3) is 0.0909. The van der Waals surface area contributed by atoms with Gasteiger partial charge in [0.25, 0.3) is 5.24 Å². The number of halogens is 1. The highest BCUT2D eigenvalue weighted by Gasteiger charge is 2.10. The molecule has 0 unspecified atom stereocenters. The Morgan fingerprint density at radius 1 is 1.33 bits per heavy atom. The summed E-state index contributed by atoms with van der Waals surface area (Å²) in [6.07, 6.45) is 1.55. The maximum Gasteiger partial charge on any atom is 0.254 e. The predicted molar refractivity (Wildman–Crippen MR) is 58.5 cm³/mol. The lowest BCUT2D eigenvalue weighted by atomic mass is 10.1. The minimum Gasteiger partial charge on any atom is -0.360 e. The molecule has 0 aliphatic heterocycles. The van der Waals surface area contributed by atoms with E-state index in [1.807, 2.05) is 0 Å². The first-order chi connectivity index (χ1) is 7.09. The van der Waals surface area contributed by atoms with E-state index in [9.17, 15) is 9.59 Å². The van der Waals surface area contributed by atoms with Crippen LogP contribution in [-0.2, 0) is 0 Å². The van der Waals surface area contributed by atoms with Crippen molar-refractivity contribution < 1.29 is 9.59 Å². The van der Waals surface area contributed by atoms with Gasteiger partial charge in [0.05, 0.1) is 5.56 Å². The third-order valence-corrected chi connectivity index (χ3v) is 2.50. The number of H-pyrrole nitrogens is 1. The normalized spacial score (nSPS) is 10.5. The lowest BCUT2D eigenvalue weighted by Crippen LogP contribution is -1.91. The van der Waals surface area contributed by atoms with Crippen LogP contribution in [0, 0.1) is 0 Å². The van der Waals surface area contributed by atoms with Crippen LogP contribution in [0.3, 0.4) is 0 Å². The van der Waals surface area contributed by atoms with Crippen LogP contribution in [0.25, 0.3) is 10.9 Å². The van der Waals surface area contributed by atoms with Gasteiger partial charge in [-0.05, 0) is 24.6 Å². The van der Waals surface area contributed by atoms with Crippen LogP contribution in [0.4, 0.5) is 0 Å². The van der Waals surface area contributed by atoms with E-state index in [1.165, 1.54) is 6.92 Å². The average molecular weight is 222 g/mol. The number of aromatic amines is 1. The van der Waals surface area contributed by atoms with Crippen molar-refractivity contribution in [3.8, 4) is 0 Å². The third kappa shape index (κ3) is 1.66. The first kappa shape index (κ1) is 9.93. The SMILES string of the molecule is CC(=O)c1ccc2c(C(=O)Cl)c[nH]c2c1. The van der Waals surface area contributed by atoms with Crippen LogP contribution < -0.4 is 0 Å². The number of Topliss-reactive ketones (excluding diaryl/α,β-unsaturated/α-hetero) is 1. The summed E-state index contributed by atoms with van der Waals surface area (Å²) in [6, 6.07) is 5.11. The zero-order valence-corrected chi connectivity index (χ0v) is 8.76. The van der Waals surface area contributed by atoms with Crippen molar-refractivity contribution in [3.05, 3.63) is 35.5 Å². The summed E-state index contributed by atoms with van der Waals surface area (Å²) in [5, 5.41) is 0.233. The van der Waals surface area contributed by atoms with Gasteiger partial charge in [0.1, 0.15) is 0 Å². The number of carbonyl (C=O) groups excluding carboxylic acids is 2. The van der Waals surface area contributed by atoms with Crippen molar-refractivity contribution in [2.45, 2.75) is 6.92 Å². The Morgan fingerprint density at radius 2 is 2.07 bits per heavy atom. The van der Waals surface area contributed by atoms with E-state index in [0.717, 1.165) is 10.9 Å². The van der Waals surface area contributed by atoms with E-state index in [4.69, 9.17) is 11.6 Å². The van der Waals surface area contributed by atoms with E-state index >= 15 is 0 Å². The van der Waals surface area contributed by atoms with Gasteiger partial charge in [0.15, 0.2) is 5.78 Å². The maximum absolute atomic E-state index is 11.1. The quantitative estimate of drug-likeness (QED) is 0.626. The molecule has 0 amide bonds. The molecular formula is C11H8ClNO2. The molecule has 0 aliphatic carbocycles. The first-order valence-corrected chi connectivity index (χ1v) is 4.79. The molecule has 2 aromatic rings. The third-order valence-electron chi connectivity index (χ3n) is 2.30. The molecule has 4 heteroatoms. The zero-order chi connectivity index (χ0) is 11.0. The van der Waals surface area contributed by atoms with Gasteiger partial charge in [-0.2, -0.15) is 0 Å². The summed E-state index contributed by atoms with van der Waals surface area (Å²) in [7, 11) is 0. The molecule has 15 heavy (non-hydrogen) atoms. The molecule has 76 valence electrons. The van der Waals surface area contributed by atoms with Gasteiger partial charge in [0.2, 0.25) is 0 Å². The molecule has 1 N–H and O–H groups in total. The van der Waals surface area contributed by atoms with Crippen LogP contribution in [-0.4, -0.2) is 16.0 Å². The molecule has 0 fully saturated rings. The van der Waals surface area contributed by atoms with Gasteiger partial charge in [-0.25, -0.2) is 0 Å². The molecule has 1 heterocycles. The summed E-state index contributed by atoms with van der Waals surface area (Å²) in [5.74, 6) is -0.00903. The van der Waals surface area contributed by atoms with E-state index in [1.54, 1.807) is 24.4 Å². The summed E-state index contributed by atoms with van der Waals surface area (Å²) in [6.45, 7) is 1.50. The summed E-state index contributed by atoms with van der Waals surface area (Å²) in [5.41, 5.74) is 1.78. The second kappa shape index (κ2) is 3.51. The van der Waals surface area contributed by atoms with Crippen LogP contribution in [0.1, 0.15) is 27.6 Å². The second-order valence-corrected chi connectivity index (χ2v) is 3.64. The molecule has 3 nitrogen and oxygen atoms in total. The van der Waals surface area contributed by atoms with Crippen molar-refractivity contribution in [2.75, 3.05) is 0 Å². The summed E-state index contributed by atoms with van der Waals surface area (Å²) >= 11 is 5.40. The zero-order valence-electron chi connectivity index (χ0n) is 8.00. The topological polar surface area (TPSA) is 49.9 Å². The summed E-state index contributed by atoms with van der Waals surface area (Å²) in [4.78, 5) is 25.0. The van der Waals surface area contributed by atoms with E-state index in [2.05, 4.69) is 4.98 Å². The van der Waals surface area contributed by atoms with Gasteiger partial charge in [0, 0.05) is 22.7 Å². The van der Waals surface area contributed by atoms with Crippen molar-refractivity contribution in [2.24, 2.45) is 0 Å². The molecule has 0 atom stereocenters. The van der Waals surface area contributed by atoms with Crippen molar-refractivity contribution >= 4 is 33.5 Å². The van der Waals surface area contributed by atoms with Crippen LogP contribution in [0.2, 0.25) is 0 Å². The van der Waals surface area contributed by atoms with Crippen LogP contribution in [0.15, 0.2) is 24.4 Å². The minimum atomic E-state index is -0.503. The number of ketones is 1. The molecule has 0 radical (unpaired) electrons. The number of rotatable bonds is 2. The second-order valence-electron chi connectivity index (χ2n) is 3.29.